The number of carbonyl (C=O) groups excluding carboxylic acids is 1. The Hall–Kier alpha value is -1.74. The molecule has 116 valence electrons. The maximum atomic E-state index is 12.5. The number of carbonyl (C=O) groups is 1. The first-order chi connectivity index (χ1) is 9.84. The lowest BCUT2D eigenvalue weighted by atomic mass is 10.2. The fourth-order valence-corrected chi connectivity index (χ4v) is 4.08. The van der Waals surface area contributed by atoms with E-state index < -0.39 is 39.2 Å². The number of benzene rings is 1. The third-order valence-corrected chi connectivity index (χ3v) is 5.13. The monoisotopic (exact) mass is 320 g/mol. The molecule has 0 saturated carbocycles. The lowest BCUT2D eigenvalue weighted by Crippen LogP contribution is -2.43. The molecule has 0 aliphatic carbocycles. The summed E-state index contributed by atoms with van der Waals surface area (Å²) < 4.78 is 55.0. The molecule has 1 heterocycles. The van der Waals surface area contributed by atoms with Crippen molar-refractivity contribution in [2.75, 3.05) is 6.54 Å². The van der Waals surface area contributed by atoms with Crippen LogP contribution >= 0.6 is 0 Å². The van der Waals surface area contributed by atoms with Gasteiger partial charge in [-0.2, -0.15) is 13.1 Å². The molecule has 0 spiro atoms. The van der Waals surface area contributed by atoms with E-state index in [1.165, 1.54) is 12.1 Å². The van der Waals surface area contributed by atoms with Crippen LogP contribution in [-0.4, -0.2) is 37.8 Å². The zero-order chi connectivity index (χ0) is 15.6. The highest BCUT2D eigenvalue weighted by Gasteiger charge is 2.39. The second kappa shape index (κ2) is 5.94. The topological polar surface area (TPSA) is 89.7 Å². The van der Waals surface area contributed by atoms with Gasteiger partial charge in [0.25, 0.3) is 0 Å². The maximum absolute atomic E-state index is 12.5. The fourth-order valence-electron chi connectivity index (χ4n) is 2.30. The van der Waals surface area contributed by atoms with Gasteiger partial charge in [0.15, 0.2) is 0 Å². The van der Waals surface area contributed by atoms with E-state index in [0.29, 0.717) is 12.8 Å². The molecule has 0 radical (unpaired) electrons. The Balaban J connectivity index is 2.42. The molecule has 2 rings (SSSR count). The van der Waals surface area contributed by atoms with Crippen molar-refractivity contribution in [1.29, 1.82) is 0 Å². The standard InChI is InChI=1S/C12H14F2N2O4S/c13-12(14)20-9-5-1-2-6-10(9)21(18,19)16-7-3-4-8(16)11(15)17/h1-2,5-6,8,12H,3-4,7H2,(H2,15,17). The first-order valence-electron chi connectivity index (χ1n) is 6.19. The minimum atomic E-state index is -4.13. The maximum Gasteiger partial charge on any atom is 0.387 e. The number of hydrogen-bond donors (Lipinski definition) is 1. The predicted octanol–water partition coefficient (Wildman–Crippen LogP) is 0.926. The summed E-state index contributed by atoms with van der Waals surface area (Å²) in [5.41, 5.74) is 5.19. The van der Waals surface area contributed by atoms with Gasteiger partial charge in [0.1, 0.15) is 16.7 Å². The van der Waals surface area contributed by atoms with Gasteiger partial charge >= 0.3 is 6.61 Å². The van der Waals surface area contributed by atoms with E-state index in [2.05, 4.69) is 4.74 Å². The second-order valence-corrected chi connectivity index (χ2v) is 6.36. The molecule has 0 bridgehead atoms. The third-order valence-electron chi connectivity index (χ3n) is 3.18. The van der Waals surface area contributed by atoms with Crippen molar-refractivity contribution < 1.29 is 26.7 Å². The smallest absolute Gasteiger partial charge is 0.387 e. The number of hydrogen-bond acceptors (Lipinski definition) is 4. The average molecular weight is 320 g/mol. The van der Waals surface area contributed by atoms with Gasteiger partial charge in [-0.1, -0.05) is 12.1 Å². The van der Waals surface area contributed by atoms with Crippen LogP contribution in [0, 0.1) is 0 Å². The van der Waals surface area contributed by atoms with Crippen LogP contribution in [-0.2, 0) is 14.8 Å². The predicted molar refractivity (Wildman–Crippen MR) is 69.2 cm³/mol. The van der Waals surface area contributed by atoms with Crippen LogP contribution in [0.1, 0.15) is 12.8 Å². The summed E-state index contributed by atoms with van der Waals surface area (Å²) in [5.74, 6) is -1.22. The van der Waals surface area contributed by atoms with Crippen molar-refractivity contribution in [3.8, 4) is 5.75 Å². The van der Waals surface area contributed by atoms with Gasteiger partial charge in [-0.3, -0.25) is 4.79 Å². The molecule has 1 unspecified atom stereocenters. The number of ether oxygens (including phenoxy) is 1. The Bertz CT molecular complexity index is 636. The van der Waals surface area contributed by atoms with Crippen molar-refractivity contribution in [3.63, 3.8) is 0 Å². The number of primary amides is 1. The van der Waals surface area contributed by atoms with E-state index in [1.54, 1.807) is 0 Å². The molecule has 1 aromatic carbocycles. The zero-order valence-corrected chi connectivity index (χ0v) is 11.7. The highest BCUT2D eigenvalue weighted by molar-refractivity contribution is 7.89. The lowest BCUT2D eigenvalue weighted by molar-refractivity contribution is -0.121. The number of rotatable bonds is 5. The van der Waals surface area contributed by atoms with Crippen LogP contribution < -0.4 is 10.5 Å². The SMILES string of the molecule is NC(=O)C1CCCN1S(=O)(=O)c1ccccc1OC(F)F. The van der Waals surface area contributed by atoms with E-state index in [1.807, 2.05) is 0 Å². The van der Waals surface area contributed by atoms with Gasteiger partial charge < -0.3 is 10.5 Å². The van der Waals surface area contributed by atoms with Crippen molar-refractivity contribution in [3.05, 3.63) is 24.3 Å². The fraction of sp³-hybridized carbons (Fsp3) is 0.417. The molecule has 0 aromatic heterocycles. The van der Waals surface area contributed by atoms with Gasteiger partial charge in [0.05, 0.1) is 0 Å². The highest BCUT2D eigenvalue weighted by Crippen LogP contribution is 2.32. The summed E-state index contributed by atoms with van der Waals surface area (Å²) in [5, 5.41) is 0. The first-order valence-corrected chi connectivity index (χ1v) is 7.63. The summed E-state index contributed by atoms with van der Waals surface area (Å²) in [4.78, 5) is 10.9. The minimum absolute atomic E-state index is 0.110. The van der Waals surface area contributed by atoms with Crippen LogP contribution in [0.2, 0.25) is 0 Å². The van der Waals surface area contributed by atoms with E-state index in [4.69, 9.17) is 5.73 Å². The molecular weight excluding hydrogens is 306 g/mol. The number of halogens is 2. The zero-order valence-electron chi connectivity index (χ0n) is 10.9. The molecule has 1 atom stereocenters. The van der Waals surface area contributed by atoms with Crippen molar-refractivity contribution in [1.82, 2.24) is 4.31 Å². The van der Waals surface area contributed by atoms with E-state index in [9.17, 15) is 22.0 Å². The quantitative estimate of drug-likeness (QED) is 0.874. The summed E-state index contributed by atoms with van der Waals surface area (Å²) in [6.07, 6.45) is 0.789. The van der Waals surface area contributed by atoms with Gasteiger partial charge in [-0.15, -0.1) is 0 Å². The van der Waals surface area contributed by atoms with Crippen LogP contribution in [0.15, 0.2) is 29.2 Å². The Morgan fingerprint density at radius 3 is 2.67 bits per heavy atom. The number of alkyl halides is 2. The summed E-state index contributed by atoms with van der Waals surface area (Å²) in [7, 11) is -4.13. The Morgan fingerprint density at radius 1 is 1.38 bits per heavy atom. The van der Waals surface area contributed by atoms with Crippen LogP contribution in [0.5, 0.6) is 5.75 Å². The lowest BCUT2D eigenvalue weighted by Gasteiger charge is -2.22. The van der Waals surface area contributed by atoms with Gasteiger partial charge in [-0.05, 0) is 25.0 Å². The second-order valence-electron chi connectivity index (χ2n) is 4.50. The van der Waals surface area contributed by atoms with E-state index >= 15 is 0 Å². The van der Waals surface area contributed by atoms with E-state index in [0.717, 1.165) is 16.4 Å². The Morgan fingerprint density at radius 2 is 2.05 bits per heavy atom. The Kier molecular flexibility index (Phi) is 4.43. The molecule has 1 amide bonds. The molecule has 21 heavy (non-hydrogen) atoms. The van der Waals surface area contributed by atoms with Crippen molar-refractivity contribution in [2.24, 2.45) is 5.73 Å². The molecule has 9 heteroatoms. The molecule has 6 nitrogen and oxygen atoms in total. The number of nitrogens with two attached hydrogens (primary N) is 1. The summed E-state index contributed by atoms with van der Waals surface area (Å²) in [6.45, 7) is -3.04. The number of nitrogens with zero attached hydrogens (tertiary/aromatic N) is 1. The number of amides is 1. The first kappa shape index (κ1) is 15.6. The Labute approximate surface area is 120 Å². The largest absolute Gasteiger partial charge is 0.433 e. The van der Waals surface area contributed by atoms with Crippen molar-refractivity contribution in [2.45, 2.75) is 30.4 Å². The highest BCUT2D eigenvalue weighted by atomic mass is 32.2. The molecule has 2 N–H and O–H groups in total. The van der Waals surface area contributed by atoms with Gasteiger partial charge in [-0.25, -0.2) is 8.42 Å². The van der Waals surface area contributed by atoms with Crippen LogP contribution in [0.3, 0.4) is 0 Å². The summed E-state index contributed by atoms with van der Waals surface area (Å²) >= 11 is 0. The van der Waals surface area contributed by atoms with Gasteiger partial charge in [0, 0.05) is 6.54 Å². The number of para-hydroxylation sites is 1. The summed E-state index contributed by atoms with van der Waals surface area (Å²) in [6, 6.07) is 4.10. The molecule has 1 saturated heterocycles. The molecule has 1 aliphatic heterocycles. The van der Waals surface area contributed by atoms with Crippen molar-refractivity contribution >= 4 is 15.9 Å². The molecule has 1 fully saturated rings. The number of sulfonamides is 1. The average Bonchev–Trinajstić information content (AvgIpc) is 2.88. The van der Waals surface area contributed by atoms with Gasteiger partial charge in [0.2, 0.25) is 15.9 Å². The molecule has 1 aromatic rings. The normalized spacial score (nSPS) is 19.9. The minimum Gasteiger partial charge on any atom is -0.433 e. The van der Waals surface area contributed by atoms with Crippen LogP contribution in [0.4, 0.5) is 8.78 Å². The molecular formula is C12H14F2N2O4S. The third kappa shape index (κ3) is 3.13. The van der Waals surface area contributed by atoms with Crippen LogP contribution in [0.25, 0.3) is 0 Å². The van der Waals surface area contributed by atoms with E-state index in [-0.39, 0.29) is 6.54 Å². The molecule has 1 aliphatic rings.